The van der Waals surface area contributed by atoms with Gasteiger partial charge in [-0.2, -0.15) is 0 Å². The van der Waals surface area contributed by atoms with Crippen molar-refractivity contribution in [3.8, 4) is 0 Å². The zero-order valence-corrected chi connectivity index (χ0v) is 13.7. The molecule has 1 aromatic heterocycles. The van der Waals surface area contributed by atoms with Crippen LogP contribution in [0.3, 0.4) is 0 Å². The smallest absolute Gasteiger partial charge is 0.292 e. The lowest BCUT2D eigenvalue weighted by Gasteiger charge is -2.11. The number of rotatable bonds is 6. The number of nitro benzene ring substituents is 1. The first-order valence-electron chi connectivity index (χ1n) is 7.38. The number of hydrogen-bond acceptors (Lipinski definition) is 7. The average molecular weight is 348 g/mol. The minimum absolute atomic E-state index is 0.152. The molecule has 1 heterocycles. The number of hydrogen-bond donors (Lipinski definition) is 2. The van der Waals surface area contributed by atoms with Crippen LogP contribution >= 0.6 is 11.8 Å². The van der Waals surface area contributed by atoms with Crippen molar-refractivity contribution in [3.63, 3.8) is 0 Å². The fourth-order valence-corrected chi connectivity index (χ4v) is 2.95. The predicted octanol–water partition coefficient (Wildman–Crippen LogP) is 1.90. The van der Waals surface area contributed by atoms with Crippen LogP contribution in [0.15, 0.2) is 29.4 Å². The van der Waals surface area contributed by atoms with E-state index in [-0.39, 0.29) is 17.3 Å². The molecule has 1 aliphatic rings. The van der Waals surface area contributed by atoms with Crippen molar-refractivity contribution in [1.82, 2.24) is 14.9 Å². The summed E-state index contributed by atoms with van der Waals surface area (Å²) >= 11 is 1.16. The molecule has 3 rings (SSSR count). The first-order valence-corrected chi connectivity index (χ1v) is 8.26. The van der Waals surface area contributed by atoms with Crippen LogP contribution < -0.4 is 11.2 Å². The molecule has 126 valence electrons. The third-order valence-electron chi connectivity index (χ3n) is 3.64. The Bertz CT molecular complexity index is 789. The van der Waals surface area contributed by atoms with Crippen molar-refractivity contribution in [2.75, 3.05) is 11.2 Å². The van der Waals surface area contributed by atoms with Crippen LogP contribution in [0.1, 0.15) is 31.5 Å². The number of carbonyl (C=O) groups is 1. The van der Waals surface area contributed by atoms with Gasteiger partial charge in [-0.25, -0.2) is 4.68 Å². The van der Waals surface area contributed by atoms with Crippen molar-refractivity contribution < 1.29 is 9.72 Å². The van der Waals surface area contributed by atoms with E-state index >= 15 is 0 Å². The molecule has 0 unspecified atom stereocenters. The minimum atomic E-state index is -0.539. The fraction of sp³-hybridized carbons (Fsp3) is 0.357. The van der Waals surface area contributed by atoms with Gasteiger partial charge in [0.05, 0.1) is 10.2 Å². The summed E-state index contributed by atoms with van der Waals surface area (Å²) in [4.78, 5) is 22.8. The number of anilines is 1. The van der Waals surface area contributed by atoms with Gasteiger partial charge >= 0.3 is 0 Å². The van der Waals surface area contributed by atoms with E-state index in [1.165, 1.54) is 16.8 Å². The number of nitrogens with two attached hydrogens (primary N) is 1. The van der Waals surface area contributed by atoms with E-state index in [2.05, 4.69) is 15.5 Å². The Morgan fingerprint density at radius 2 is 2.17 bits per heavy atom. The molecule has 1 saturated carbocycles. The second kappa shape index (κ2) is 6.48. The highest BCUT2D eigenvalue weighted by Crippen LogP contribution is 2.39. The average Bonchev–Trinajstić information content (AvgIpc) is 3.33. The van der Waals surface area contributed by atoms with Crippen LogP contribution in [0, 0.1) is 10.1 Å². The molecule has 0 saturated heterocycles. The van der Waals surface area contributed by atoms with Gasteiger partial charge in [0.25, 0.3) is 5.69 Å². The number of para-hydroxylation sites is 2. The van der Waals surface area contributed by atoms with E-state index in [1.807, 2.05) is 0 Å². The zero-order valence-electron chi connectivity index (χ0n) is 12.9. The standard InChI is InChI=1S/C14H16N6O3S/c1-8(24-14-18-17-12(19(14)15)9-6-7-9)13(21)16-10-4-2-3-5-11(10)20(22)23/h2-5,8-9H,6-7,15H2,1H3,(H,16,21)/t8-/m0/s1. The largest absolute Gasteiger partial charge is 0.336 e. The van der Waals surface area contributed by atoms with Gasteiger partial charge < -0.3 is 11.2 Å². The lowest BCUT2D eigenvalue weighted by atomic mass is 10.2. The van der Waals surface area contributed by atoms with Crippen LogP contribution in [-0.4, -0.2) is 31.0 Å². The summed E-state index contributed by atoms with van der Waals surface area (Å²) in [7, 11) is 0. The lowest BCUT2D eigenvalue weighted by molar-refractivity contribution is -0.383. The summed E-state index contributed by atoms with van der Waals surface area (Å²) in [5.74, 6) is 6.67. The summed E-state index contributed by atoms with van der Waals surface area (Å²) in [5, 5.41) is 21.5. The molecular formula is C14H16N6O3S. The number of thioether (sulfide) groups is 1. The number of nitrogen functional groups attached to an aromatic ring is 1. The van der Waals surface area contributed by atoms with E-state index in [4.69, 9.17) is 5.84 Å². The summed E-state index contributed by atoms with van der Waals surface area (Å²) in [6, 6.07) is 6.00. The molecule has 1 aliphatic carbocycles. The maximum atomic E-state index is 12.3. The number of aromatic nitrogens is 3. The molecule has 0 aliphatic heterocycles. The van der Waals surface area contributed by atoms with E-state index in [0.717, 1.165) is 30.4 Å². The van der Waals surface area contributed by atoms with Crippen LogP contribution in [0.4, 0.5) is 11.4 Å². The van der Waals surface area contributed by atoms with Gasteiger partial charge in [-0.15, -0.1) is 10.2 Å². The maximum Gasteiger partial charge on any atom is 0.292 e. The molecule has 1 amide bonds. The lowest BCUT2D eigenvalue weighted by Crippen LogP contribution is -2.24. The van der Waals surface area contributed by atoms with E-state index in [9.17, 15) is 14.9 Å². The SMILES string of the molecule is C[C@H](Sc1nnc(C2CC2)n1N)C(=O)Nc1ccccc1[N+](=O)[O-]. The molecule has 2 aromatic rings. The molecule has 0 radical (unpaired) electrons. The Labute approximate surface area is 141 Å². The Morgan fingerprint density at radius 3 is 2.83 bits per heavy atom. The maximum absolute atomic E-state index is 12.3. The molecule has 1 fully saturated rings. The first-order chi connectivity index (χ1) is 11.5. The molecule has 1 atom stereocenters. The monoisotopic (exact) mass is 348 g/mol. The number of amides is 1. The van der Waals surface area contributed by atoms with Gasteiger partial charge in [0, 0.05) is 12.0 Å². The van der Waals surface area contributed by atoms with Crippen LogP contribution in [0.2, 0.25) is 0 Å². The summed E-state index contributed by atoms with van der Waals surface area (Å²) < 4.78 is 1.41. The molecule has 0 bridgehead atoms. The van der Waals surface area contributed by atoms with Gasteiger partial charge in [0.15, 0.2) is 5.82 Å². The number of nitrogens with zero attached hydrogens (tertiary/aromatic N) is 4. The quantitative estimate of drug-likeness (QED) is 0.353. The molecule has 24 heavy (non-hydrogen) atoms. The third kappa shape index (κ3) is 3.32. The summed E-state index contributed by atoms with van der Waals surface area (Å²) in [6.07, 6.45) is 2.10. The number of benzene rings is 1. The third-order valence-corrected chi connectivity index (χ3v) is 4.70. The van der Waals surface area contributed by atoms with Gasteiger partial charge in [-0.3, -0.25) is 14.9 Å². The Balaban J connectivity index is 1.68. The summed E-state index contributed by atoms with van der Waals surface area (Å²) in [5.41, 5.74) is 0.00824. The van der Waals surface area contributed by atoms with Crippen LogP contribution in [0.25, 0.3) is 0 Å². The highest BCUT2D eigenvalue weighted by molar-refractivity contribution is 8.00. The van der Waals surface area contributed by atoms with Gasteiger partial charge in [0.2, 0.25) is 11.1 Å². The molecule has 9 nitrogen and oxygen atoms in total. The van der Waals surface area contributed by atoms with Crippen molar-refractivity contribution in [1.29, 1.82) is 0 Å². The highest BCUT2D eigenvalue weighted by Gasteiger charge is 2.30. The number of carbonyl (C=O) groups excluding carboxylic acids is 1. The van der Waals surface area contributed by atoms with Crippen molar-refractivity contribution in [2.24, 2.45) is 0 Å². The van der Waals surface area contributed by atoms with Gasteiger partial charge in [-0.05, 0) is 25.8 Å². The first kappa shape index (κ1) is 16.2. The normalized spacial score (nSPS) is 15.0. The van der Waals surface area contributed by atoms with Crippen molar-refractivity contribution in [3.05, 3.63) is 40.2 Å². The van der Waals surface area contributed by atoms with E-state index in [1.54, 1.807) is 19.1 Å². The number of nitrogens with one attached hydrogen (secondary N) is 1. The van der Waals surface area contributed by atoms with Crippen molar-refractivity contribution >= 4 is 29.0 Å². The second-order valence-corrected chi connectivity index (χ2v) is 6.82. The Morgan fingerprint density at radius 1 is 1.46 bits per heavy atom. The zero-order chi connectivity index (χ0) is 17.3. The van der Waals surface area contributed by atoms with Crippen LogP contribution in [-0.2, 0) is 4.79 Å². The van der Waals surface area contributed by atoms with E-state index in [0.29, 0.717) is 11.1 Å². The van der Waals surface area contributed by atoms with Gasteiger partial charge in [-0.1, -0.05) is 23.9 Å². The van der Waals surface area contributed by atoms with E-state index < -0.39 is 10.2 Å². The highest BCUT2D eigenvalue weighted by atomic mass is 32.2. The van der Waals surface area contributed by atoms with Crippen molar-refractivity contribution in [2.45, 2.75) is 36.1 Å². The molecule has 0 spiro atoms. The number of nitro groups is 1. The topological polar surface area (TPSA) is 129 Å². The van der Waals surface area contributed by atoms with Gasteiger partial charge in [0.1, 0.15) is 5.69 Å². The molecule has 10 heteroatoms. The molecule has 1 aromatic carbocycles. The predicted molar refractivity (Wildman–Crippen MR) is 89.2 cm³/mol. The second-order valence-electron chi connectivity index (χ2n) is 5.51. The Hall–Kier alpha value is -2.62. The Kier molecular flexibility index (Phi) is 4.38. The van der Waals surface area contributed by atoms with Crippen LogP contribution in [0.5, 0.6) is 0 Å². The molecular weight excluding hydrogens is 332 g/mol. The minimum Gasteiger partial charge on any atom is -0.336 e. The molecule has 3 N–H and O–H groups in total. The fourth-order valence-electron chi connectivity index (χ4n) is 2.17. The summed E-state index contributed by atoms with van der Waals surface area (Å²) in [6.45, 7) is 1.68.